The maximum absolute atomic E-state index is 12.6. The maximum atomic E-state index is 12.6. The molecule has 0 saturated carbocycles. The number of aromatic nitrogens is 2. The highest BCUT2D eigenvalue weighted by atomic mass is 35.5. The number of carbonyl (C=O) groups excluding carboxylic acids is 1. The van der Waals surface area contributed by atoms with Gasteiger partial charge in [0.1, 0.15) is 5.69 Å². The van der Waals surface area contributed by atoms with Crippen LogP contribution in [0.4, 0.5) is 0 Å². The van der Waals surface area contributed by atoms with Gasteiger partial charge in [0.2, 0.25) is 0 Å². The van der Waals surface area contributed by atoms with Gasteiger partial charge >= 0.3 is 0 Å². The Balaban J connectivity index is 2.34. The summed E-state index contributed by atoms with van der Waals surface area (Å²) in [6.07, 6.45) is 1.57. The Hall–Kier alpha value is -0.870. The SMILES string of the molecule is CCn1ncc(Cl)c1C(=O)C1C(C)OC(C)C1C. The Morgan fingerprint density at radius 3 is 2.61 bits per heavy atom. The summed E-state index contributed by atoms with van der Waals surface area (Å²) in [5, 5.41) is 4.55. The van der Waals surface area contributed by atoms with Crippen LogP contribution in [0.1, 0.15) is 38.2 Å². The van der Waals surface area contributed by atoms with E-state index < -0.39 is 0 Å². The molecule has 0 bridgehead atoms. The molecule has 1 fully saturated rings. The molecule has 0 amide bonds. The Labute approximate surface area is 112 Å². The Morgan fingerprint density at radius 2 is 2.11 bits per heavy atom. The number of hydrogen-bond acceptors (Lipinski definition) is 3. The molecule has 1 aliphatic heterocycles. The van der Waals surface area contributed by atoms with Gasteiger partial charge < -0.3 is 4.74 Å². The molecule has 18 heavy (non-hydrogen) atoms. The summed E-state index contributed by atoms with van der Waals surface area (Å²) in [6.45, 7) is 8.59. The molecule has 100 valence electrons. The average Bonchev–Trinajstić information content (AvgIpc) is 2.80. The van der Waals surface area contributed by atoms with Crippen LogP contribution in [0.5, 0.6) is 0 Å². The molecule has 1 aromatic heterocycles. The van der Waals surface area contributed by atoms with E-state index in [0.717, 1.165) is 0 Å². The summed E-state index contributed by atoms with van der Waals surface area (Å²) in [5.41, 5.74) is 0.514. The zero-order valence-electron chi connectivity index (χ0n) is 11.2. The normalized spacial score (nSPS) is 31.8. The first-order valence-electron chi connectivity index (χ1n) is 6.38. The lowest BCUT2D eigenvalue weighted by molar-refractivity contribution is 0.0489. The number of rotatable bonds is 3. The number of nitrogens with zero attached hydrogens (tertiary/aromatic N) is 2. The molecule has 0 N–H and O–H groups in total. The molecule has 2 heterocycles. The lowest BCUT2D eigenvalue weighted by atomic mass is 9.85. The molecule has 0 aromatic carbocycles. The molecule has 0 radical (unpaired) electrons. The van der Waals surface area contributed by atoms with Crippen molar-refractivity contribution in [1.29, 1.82) is 0 Å². The van der Waals surface area contributed by atoms with E-state index in [-0.39, 0.29) is 29.8 Å². The van der Waals surface area contributed by atoms with Crippen molar-refractivity contribution in [2.75, 3.05) is 0 Å². The minimum absolute atomic E-state index is 0.0451. The number of halogens is 1. The van der Waals surface area contributed by atoms with Crippen molar-refractivity contribution in [3.05, 3.63) is 16.9 Å². The number of hydrogen-bond donors (Lipinski definition) is 0. The third kappa shape index (κ3) is 2.08. The van der Waals surface area contributed by atoms with E-state index in [0.29, 0.717) is 17.3 Å². The molecule has 4 atom stereocenters. The minimum atomic E-state index is -0.139. The second kappa shape index (κ2) is 5.02. The van der Waals surface area contributed by atoms with Crippen LogP contribution in [-0.4, -0.2) is 27.8 Å². The van der Waals surface area contributed by atoms with Crippen LogP contribution in [-0.2, 0) is 11.3 Å². The second-order valence-electron chi connectivity index (χ2n) is 4.95. The van der Waals surface area contributed by atoms with Gasteiger partial charge in [-0.25, -0.2) is 0 Å². The second-order valence-corrected chi connectivity index (χ2v) is 5.36. The van der Waals surface area contributed by atoms with Crippen molar-refractivity contribution in [3.63, 3.8) is 0 Å². The number of carbonyl (C=O) groups is 1. The van der Waals surface area contributed by atoms with Crippen molar-refractivity contribution in [2.24, 2.45) is 11.8 Å². The van der Waals surface area contributed by atoms with Gasteiger partial charge in [-0.05, 0) is 26.7 Å². The molecule has 5 heteroatoms. The van der Waals surface area contributed by atoms with Crippen LogP contribution in [0, 0.1) is 11.8 Å². The summed E-state index contributed by atoms with van der Waals surface area (Å²) in [5.74, 6) is 0.104. The van der Waals surface area contributed by atoms with E-state index in [1.807, 2.05) is 20.8 Å². The molecule has 1 aliphatic rings. The van der Waals surface area contributed by atoms with Crippen LogP contribution in [0.15, 0.2) is 6.20 Å². The van der Waals surface area contributed by atoms with Crippen LogP contribution < -0.4 is 0 Å². The van der Waals surface area contributed by atoms with Crippen molar-refractivity contribution in [2.45, 2.75) is 46.4 Å². The van der Waals surface area contributed by atoms with Crippen molar-refractivity contribution in [3.8, 4) is 0 Å². The van der Waals surface area contributed by atoms with E-state index in [9.17, 15) is 4.79 Å². The lowest BCUT2D eigenvalue weighted by Crippen LogP contribution is -2.29. The third-order valence-electron chi connectivity index (χ3n) is 3.87. The molecule has 2 rings (SSSR count). The highest BCUT2D eigenvalue weighted by molar-refractivity contribution is 6.33. The molecule has 0 spiro atoms. The monoisotopic (exact) mass is 270 g/mol. The van der Waals surface area contributed by atoms with Gasteiger partial charge in [0, 0.05) is 6.54 Å². The quantitative estimate of drug-likeness (QED) is 0.794. The van der Waals surface area contributed by atoms with Gasteiger partial charge in [0.25, 0.3) is 0 Å². The van der Waals surface area contributed by atoms with E-state index in [4.69, 9.17) is 16.3 Å². The summed E-state index contributed by atoms with van der Waals surface area (Å²) in [6, 6.07) is 0. The fraction of sp³-hybridized carbons (Fsp3) is 0.692. The van der Waals surface area contributed by atoms with Crippen LogP contribution in [0.3, 0.4) is 0 Å². The molecule has 1 saturated heterocycles. The van der Waals surface area contributed by atoms with Crippen molar-refractivity contribution in [1.82, 2.24) is 9.78 Å². The van der Waals surface area contributed by atoms with E-state index in [1.54, 1.807) is 4.68 Å². The molecule has 1 aromatic rings. The van der Waals surface area contributed by atoms with Gasteiger partial charge in [0.05, 0.1) is 29.3 Å². The highest BCUT2D eigenvalue weighted by Crippen LogP contribution is 2.35. The van der Waals surface area contributed by atoms with Crippen molar-refractivity contribution >= 4 is 17.4 Å². The first-order valence-corrected chi connectivity index (χ1v) is 6.76. The van der Waals surface area contributed by atoms with Crippen LogP contribution in [0.2, 0.25) is 5.02 Å². The topological polar surface area (TPSA) is 44.1 Å². The van der Waals surface area contributed by atoms with Gasteiger partial charge in [0.15, 0.2) is 5.78 Å². The Bertz CT molecular complexity index is 458. The predicted octanol–water partition coefficient (Wildman–Crippen LogP) is 2.80. The van der Waals surface area contributed by atoms with E-state index in [1.165, 1.54) is 6.20 Å². The molecule has 4 unspecified atom stereocenters. The first kappa shape index (κ1) is 13.6. The summed E-state index contributed by atoms with van der Waals surface area (Å²) in [4.78, 5) is 12.6. The number of ether oxygens (including phenoxy) is 1. The fourth-order valence-corrected chi connectivity index (χ4v) is 2.96. The van der Waals surface area contributed by atoms with Gasteiger partial charge in [-0.15, -0.1) is 0 Å². The van der Waals surface area contributed by atoms with Crippen LogP contribution >= 0.6 is 11.6 Å². The smallest absolute Gasteiger partial charge is 0.188 e. The predicted molar refractivity (Wildman–Crippen MR) is 69.9 cm³/mol. The number of Topliss-reactive ketones (excluding diaryl/α,β-unsaturated/α-hetero) is 1. The Morgan fingerprint density at radius 1 is 1.44 bits per heavy atom. The summed E-state index contributed by atoms with van der Waals surface area (Å²) in [7, 11) is 0. The van der Waals surface area contributed by atoms with E-state index >= 15 is 0 Å². The summed E-state index contributed by atoms with van der Waals surface area (Å²) >= 11 is 6.08. The largest absolute Gasteiger partial charge is 0.374 e. The maximum Gasteiger partial charge on any atom is 0.188 e. The first-order chi connectivity index (χ1) is 8.47. The highest BCUT2D eigenvalue weighted by Gasteiger charge is 2.43. The molecular formula is C13H19ClN2O2. The zero-order chi connectivity index (χ0) is 13.4. The Kier molecular flexibility index (Phi) is 3.78. The van der Waals surface area contributed by atoms with Gasteiger partial charge in [-0.3, -0.25) is 9.48 Å². The lowest BCUT2D eigenvalue weighted by Gasteiger charge is -2.17. The third-order valence-corrected chi connectivity index (χ3v) is 4.15. The molecular weight excluding hydrogens is 252 g/mol. The van der Waals surface area contributed by atoms with Crippen LogP contribution in [0.25, 0.3) is 0 Å². The van der Waals surface area contributed by atoms with E-state index in [2.05, 4.69) is 12.0 Å². The minimum Gasteiger partial charge on any atom is -0.374 e. The van der Waals surface area contributed by atoms with Gasteiger partial charge in [-0.1, -0.05) is 18.5 Å². The fourth-order valence-electron chi connectivity index (χ4n) is 2.72. The zero-order valence-corrected chi connectivity index (χ0v) is 11.9. The average molecular weight is 271 g/mol. The van der Waals surface area contributed by atoms with Gasteiger partial charge in [-0.2, -0.15) is 5.10 Å². The number of ketones is 1. The number of aryl methyl sites for hydroxylation is 1. The molecule has 0 aliphatic carbocycles. The molecule has 4 nitrogen and oxygen atoms in total. The summed E-state index contributed by atoms with van der Waals surface area (Å²) < 4.78 is 7.38. The van der Waals surface area contributed by atoms with Crippen molar-refractivity contribution < 1.29 is 9.53 Å². The standard InChI is InChI=1S/C13H19ClN2O2/c1-5-16-12(10(14)6-15-16)13(17)11-7(2)8(3)18-9(11)4/h6-9,11H,5H2,1-4H3.